The predicted molar refractivity (Wildman–Crippen MR) is 65.5 cm³/mol. The molecular weight excluding hydrogens is 264 g/mol. The summed E-state index contributed by atoms with van der Waals surface area (Å²) in [5, 5.41) is -0.744. The third-order valence-corrected chi connectivity index (χ3v) is 3.27. The quantitative estimate of drug-likeness (QED) is 0.792. The largest absolute Gasteiger partial charge is 0.490 e. The van der Waals surface area contributed by atoms with Crippen LogP contribution < -0.4 is 4.74 Å². The molecule has 0 heterocycles. The molecule has 1 rings (SSSR count). The van der Waals surface area contributed by atoms with E-state index in [1.165, 1.54) is 18.2 Å². The van der Waals surface area contributed by atoms with Crippen molar-refractivity contribution in [3.05, 3.63) is 23.8 Å². The van der Waals surface area contributed by atoms with E-state index >= 15 is 0 Å². The van der Waals surface area contributed by atoms with E-state index in [-0.39, 0.29) is 22.3 Å². The van der Waals surface area contributed by atoms with E-state index in [0.29, 0.717) is 0 Å². The Morgan fingerprint density at radius 1 is 1.35 bits per heavy atom. The summed E-state index contributed by atoms with van der Waals surface area (Å²) in [5.41, 5.74) is 0.0586. The number of hydrogen-bond acceptors (Lipinski definition) is 4. The molecule has 0 saturated heterocycles. The summed E-state index contributed by atoms with van der Waals surface area (Å²) in [4.78, 5) is 11.3. The molecule has 0 aromatic heterocycles. The Hall–Kier alpha value is -1.07. The van der Waals surface area contributed by atoms with E-state index < -0.39 is 15.1 Å². The van der Waals surface area contributed by atoms with E-state index in [4.69, 9.17) is 16.3 Å². The third kappa shape index (κ3) is 3.71. The second-order valence-electron chi connectivity index (χ2n) is 3.87. The summed E-state index contributed by atoms with van der Waals surface area (Å²) in [5.74, 6) is 0.285. The molecule has 0 spiro atoms. The van der Waals surface area contributed by atoms with Gasteiger partial charge in [0.1, 0.15) is 5.75 Å². The van der Waals surface area contributed by atoms with Crippen molar-refractivity contribution in [3.63, 3.8) is 0 Å². The summed E-state index contributed by atoms with van der Waals surface area (Å²) in [6, 6.07) is 4.05. The van der Waals surface area contributed by atoms with Crippen LogP contribution in [-0.4, -0.2) is 26.0 Å². The van der Waals surface area contributed by atoms with Gasteiger partial charge in [-0.1, -0.05) is 0 Å². The number of carbonyl (C=O) groups excluding carboxylic acids is 1. The zero-order valence-electron chi connectivity index (χ0n) is 9.73. The monoisotopic (exact) mass is 276 g/mol. The Bertz CT molecular complexity index is 534. The van der Waals surface area contributed by atoms with Crippen LogP contribution in [0.4, 0.5) is 0 Å². The van der Waals surface area contributed by atoms with Crippen LogP contribution in [0.3, 0.4) is 0 Å². The summed E-state index contributed by atoms with van der Waals surface area (Å²) in [7, 11) is -3.37. The second-order valence-corrected chi connectivity index (χ2v) is 6.23. The first kappa shape index (κ1) is 14.0. The molecule has 17 heavy (non-hydrogen) atoms. The van der Waals surface area contributed by atoms with Crippen LogP contribution in [0.15, 0.2) is 23.1 Å². The molecule has 0 radical (unpaired) electrons. The number of carbonyl (C=O) groups is 1. The predicted octanol–water partition coefficient (Wildman–Crippen LogP) is 2.26. The normalized spacial score (nSPS) is 11.6. The fraction of sp³-hybridized carbons (Fsp3) is 0.364. The second kappa shape index (κ2) is 5.06. The SMILES string of the molecule is CC(C)Oc1ccc(S(C)(=O)=O)cc1C(=O)Cl. The molecule has 0 fully saturated rings. The zero-order valence-corrected chi connectivity index (χ0v) is 11.3. The summed E-state index contributed by atoms with van der Waals surface area (Å²) in [6.07, 6.45) is 0.933. The Morgan fingerprint density at radius 3 is 2.35 bits per heavy atom. The van der Waals surface area contributed by atoms with Gasteiger partial charge in [0.15, 0.2) is 9.84 Å². The number of hydrogen-bond donors (Lipinski definition) is 0. The molecule has 0 aliphatic carbocycles. The van der Waals surface area contributed by atoms with Crippen molar-refractivity contribution in [2.75, 3.05) is 6.26 Å². The van der Waals surface area contributed by atoms with Gasteiger partial charge in [0.05, 0.1) is 16.6 Å². The van der Waals surface area contributed by atoms with Crippen molar-refractivity contribution in [1.29, 1.82) is 0 Å². The highest BCUT2D eigenvalue weighted by atomic mass is 35.5. The van der Waals surface area contributed by atoms with Gasteiger partial charge in [-0.15, -0.1) is 0 Å². The number of halogens is 1. The third-order valence-electron chi connectivity index (χ3n) is 1.95. The Labute approximate surface area is 105 Å². The fourth-order valence-electron chi connectivity index (χ4n) is 1.25. The lowest BCUT2D eigenvalue weighted by Crippen LogP contribution is -2.09. The van der Waals surface area contributed by atoms with E-state index in [0.717, 1.165) is 6.26 Å². The van der Waals surface area contributed by atoms with Gasteiger partial charge in [-0.25, -0.2) is 8.42 Å². The lowest BCUT2D eigenvalue weighted by Gasteiger charge is -2.13. The van der Waals surface area contributed by atoms with Crippen LogP contribution in [0.5, 0.6) is 5.75 Å². The molecular formula is C11H13ClO4S. The van der Waals surface area contributed by atoms with Gasteiger partial charge in [-0.2, -0.15) is 0 Å². The van der Waals surface area contributed by atoms with Crippen molar-refractivity contribution in [1.82, 2.24) is 0 Å². The molecule has 0 aliphatic rings. The number of sulfone groups is 1. The smallest absolute Gasteiger partial charge is 0.256 e. The highest BCUT2D eigenvalue weighted by Crippen LogP contribution is 2.25. The van der Waals surface area contributed by atoms with Crippen molar-refractivity contribution >= 4 is 26.7 Å². The summed E-state index contributed by atoms with van der Waals surface area (Å²) >= 11 is 5.40. The lowest BCUT2D eigenvalue weighted by molar-refractivity contribution is 0.107. The molecule has 6 heteroatoms. The van der Waals surface area contributed by atoms with Gasteiger partial charge in [-0.3, -0.25) is 4.79 Å². The molecule has 0 amide bonds. The first-order chi connectivity index (χ1) is 7.71. The number of ether oxygens (including phenoxy) is 1. The average Bonchev–Trinajstić information content (AvgIpc) is 2.15. The van der Waals surface area contributed by atoms with Gasteiger partial charge in [0.25, 0.3) is 5.24 Å². The van der Waals surface area contributed by atoms with Crippen LogP contribution in [0.2, 0.25) is 0 Å². The Balaban J connectivity index is 3.32. The topological polar surface area (TPSA) is 60.4 Å². The van der Waals surface area contributed by atoms with Gasteiger partial charge in [-0.05, 0) is 43.6 Å². The molecule has 0 atom stereocenters. The van der Waals surface area contributed by atoms with Gasteiger partial charge < -0.3 is 4.74 Å². The minimum atomic E-state index is -3.37. The molecule has 4 nitrogen and oxygen atoms in total. The average molecular weight is 277 g/mol. The fourth-order valence-corrected chi connectivity index (χ4v) is 2.04. The van der Waals surface area contributed by atoms with Gasteiger partial charge in [0.2, 0.25) is 0 Å². The van der Waals surface area contributed by atoms with Crippen molar-refractivity contribution in [3.8, 4) is 5.75 Å². The summed E-state index contributed by atoms with van der Waals surface area (Å²) < 4.78 is 28.1. The first-order valence-electron chi connectivity index (χ1n) is 4.92. The Morgan fingerprint density at radius 2 is 1.94 bits per heavy atom. The molecule has 1 aromatic carbocycles. The highest BCUT2D eigenvalue weighted by molar-refractivity contribution is 7.90. The van der Waals surface area contributed by atoms with Crippen LogP contribution in [0.1, 0.15) is 24.2 Å². The van der Waals surface area contributed by atoms with Crippen LogP contribution in [0, 0.1) is 0 Å². The van der Waals surface area contributed by atoms with E-state index in [1.807, 2.05) is 0 Å². The zero-order chi connectivity index (χ0) is 13.2. The van der Waals surface area contributed by atoms with E-state index in [9.17, 15) is 13.2 Å². The van der Waals surface area contributed by atoms with Crippen LogP contribution in [0.25, 0.3) is 0 Å². The maximum atomic E-state index is 11.3. The minimum absolute atomic E-state index is 0.0395. The Kier molecular flexibility index (Phi) is 4.16. The van der Waals surface area contributed by atoms with Gasteiger partial charge >= 0.3 is 0 Å². The maximum Gasteiger partial charge on any atom is 0.256 e. The van der Waals surface area contributed by atoms with Crippen molar-refractivity contribution in [2.24, 2.45) is 0 Å². The molecule has 94 valence electrons. The minimum Gasteiger partial charge on any atom is -0.490 e. The van der Waals surface area contributed by atoms with Crippen LogP contribution >= 0.6 is 11.6 Å². The molecule has 0 bridgehead atoms. The molecule has 0 N–H and O–H groups in total. The lowest BCUT2D eigenvalue weighted by atomic mass is 10.2. The molecule has 0 saturated carbocycles. The van der Waals surface area contributed by atoms with Crippen molar-refractivity contribution in [2.45, 2.75) is 24.8 Å². The summed E-state index contributed by atoms with van der Waals surface area (Å²) in [6.45, 7) is 3.60. The number of benzene rings is 1. The first-order valence-corrected chi connectivity index (χ1v) is 7.19. The van der Waals surface area contributed by atoms with E-state index in [1.54, 1.807) is 13.8 Å². The molecule has 0 unspecified atom stereocenters. The van der Waals surface area contributed by atoms with Crippen molar-refractivity contribution < 1.29 is 17.9 Å². The number of rotatable bonds is 4. The standard InChI is InChI=1S/C11H13ClO4S/c1-7(2)16-10-5-4-8(17(3,14)15)6-9(10)11(12)13/h4-7H,1-3H3. The molecule has 0 aliphatic heterocycles. The maximum absolute atomic E-state index is 11.3. The van der Waals surface area contributed by atoms with E-state index in [2.05, 4.69) is 0 Å². The molecule has 1 aromatic rings. The van der Waals surface area contributed by atoms with Gasteiger partial charge in [0, 0.05) is 6.26 Å². The highest BCUT2D eigenvalue weighted by Gasteiger charge is 2.16. The van der Waals surface area contributed by atoms with Crippen LogP contribution in [-0.2, 0) is 9.84 Å².